The van der Waals surface area contributed by atoms with Gasteiger partial charge in [0.05, 0.1) is 0 Å². The number of nitrogens with zero attached hydrogens (tertiary/aromatic N) is 1. The number of rotatable bonds is 0. The lowest BCUT2D eigenvalue weighted by atomic mass is 9.99. The summed E-state index contributed by atoms with van der Waals surface area (Å²) in [6.07, 6.45) is 0. The summed E-state index contributed by atoms with van der Waals surface area (Å²) in [6.45, 7) is 9.02. The van der Waals surface area contributed by atoms with E-state index in [0.29, 0.717) is 6.04 Å². The van der Waals surface area contributed by atoms with E-state index in [1.54, 1.807) is 5.57 Å². The molecule has 1 aliphatic heterocycles. The van der Waals surface area contributed by atoms with Gasteiger partial charge in [0.2, 0.25) is 0 Å². The molecule has 0 aromatic rings. The molecular weight excluding hydrogens is 122 g/mol. The van der Waals surface area contributed by atoms with Crippen molar-refractivity contribution in [3.63, 3.8) is 0 Å². The highest BCUT2D eigenvalue weighted by molar-refractivity contribution is 5.20. The predicted molar refractivity (Wildman–Crippen MR) is 44.8 cm³/mol. The minimum atomic E-state index is 0.694. The average molecular weight is 139 g/mol. The molecule has 0 fully saturated rings. The van der Waals surface area contributed by atoms with Gasteiger partial charge in [-0.05, 0) is 32.3 Å². The minimum absolute atomic E-state index is 0.694. The van der Waals surface area contributed by atoms with Gasteiger partial charge in [0.1, 0.15) is 0 Å². The molecule has 0 spiro atoms. The van der Waals surface area contributed by atoms with E-state index in [2.05, 4.69) is 39.6 Å². The molecule has 2 unspecified atom stereocenters. The van der Waals surface area contributed by atoms with Gasteiger partial charge in [-0.1, -0.05) is 6.92 Å². The first kappa shape index (κ1) is 7.64. The fourth-order valence-corrected chi connectivity index (χ4v) is 1.61. The Hall–Kier alpha value is -0.460. The van der Waals surface area contributed by atoms with Crippen LogP contribution < -0.4 is 0 Å². The highest BCUT2D eigenvalue weighted by Gasteiger charge is 2.27. The molecular formula is C9H17N. The minimum Gasteiger partial charge on any atom is -0.375 e. The second kappa shape index (κ2) is 2.30. The van der Waals surface area contributed by atoms with Gasteiger partial charge >= 0.3 is 0 Å². The zero-order valence-corrected chi connectivity index (χ0v) is 7.60. The van der Waals surface area contributed by atoms with Crippen LogP contribution in [-0.2, 0) is 0 Å². The lowest BCUT2D eigenvalue weighted by Crippen LogP contribution is -2.25. The number of hydrogen-bond donors (Lipinski definition) is 0. The maximum absolute atomic E-state index is 2.36. The van der Waals surface area contributed by atoms with Gasteiger partial charge in [0.15, 0.2) is 0 Å². The molecule has 2 atom stereocenters. The molecule has 0 radical (unpaired) electrons. The standard InChI is InChI=1S/C9H17N/c1-6-7(2)9(4)10(5)8(6)3/h6,8H,1-5H3. The SMILES string of the molecule is CC1=C(C)N(C)C(C)C1C. The van der Waals surface area contributed by atoms with Crippen LogP contribution >= 0.6 is 0 Å². The Morgan fingerprint density at radius 2 is 1.70 bits per heavy atom. The third kappa shape index (κ3) is 0.845. The molecule has 0 saturated heterocycles. The Balaban J connectivity index is 2.88. The van der Waals surface area contributed by atoms with E-state index in [1.165, 1.54) is 5.70 Å². The molecule has 1 aliphatic rings. The number of hydrogen-bond acceptors (Lipinski definition) is 1. The summed E-state index contributed by atoms with van der Waals surface area (Å²) < 4.78 is 0. The van der Waals surface area contributed by atoms with E-state index in [-0.39, 0.29) is 0 Å². The molecule has 1 heteroatoms. The zero-order valence-electron chi connectivity index (χ0n) is 7.60. The first-order chi connectivity index (χ1) is 4.55. The van der Waals surface area contributed by atoms with Crippen LogP contribution in [-0.4, -0.2) is 18.0 Å². The van der Waals surface area contributed by atoms with E-state index in [0.717, 1.165) is 5.92 Å². The van der Waals surface area contributed by atoms with E-state index in [1.807, 2.05) is 0 Å². The highest BCUT2D eigenvalue weighted by Crippen LogP contribution is 2.31. The molecule has 0 aliphatic carbocycles. The topological polar surface area (TPSA) is 3.24 Å². The van der Waals surface area contributed by atoms with Gasteiger partial charge in [-0.2, -0.15) is 0 Å². The Morgan fingerprint density at radius 1 is 1.20 bits per heavy atom. The summed E-state index contributed by atoms with van der Waals surface area (Å²) in [7, 11) is 2.17. The van der Waals surface area contributed by atoms with Crippen LogP contribution in [0.4, 0.5) is 0 Å². The van der Waals surface area contributed by atoms with E-state index >= 15 is 0 Å². The van der Waals surface area contributed by atoms with Gasteiger partial charge in [0.25, 0.3) is 0 Å². The van der Waals surface area contributed by atoms with Crippen LogP contribution in [0.2, 0.25) is 0 Å². The molecule has 0 saturated carbocycles. The Morgan fingerprint density at radius 3 is 1.80 bits per heavy atom. The average Bonchev–Trinajstić information content (AvgIpc) is 2.07. The quantitative estimate of drug-likeness (QED) is 0.497. The molecule has 10 heavy (non-hydrogen) atoms. The zero-order chi connectivity index (χ0) is 7.89. The third-order valence-corrected chi connectivity index (χ3v) is 3.12. The van der Waals surface area contributed by atoms with Crippen molar-refractivity contribution in [2.75, 3.05) is 7.05 Å². The van der Waals surface area contributed by atoms with Crippen molar-refractivity contribution >= 4 is 0 Å². The smallest absolute Gasteiger partial charge is 0.0318 e. The summed E-state index contributed by atoms with van der Waals surface area (Å²) in [6, 6.07) is 0.694. The van der Waals surface area contributed by atoms with E-state index < -0.39 is 0 Å². The summed E-state index contributed by atoms with van der Waals surface area (Å²) in [5.74, 6) is 0.741. The summed E-state index contributed by atoms with van der Waals surface area (Å²) in [4.78, 5) is 2.36. The summed E-state index contributed by atoms with van der Waals surface area (Å²) in [5.41, 5.74) is 3.01. The monoisotopic (exact) mass is 139 g/mol. The van der Waals surface area contributed by atoms with Gasteiger partial charge in [-0.15, -0.1) is 0 Å². The fourth-order valence-electron chi connectivity index (χ4n) is 1.61. The maximum Gasteiger partial charge on any atom is 0.0318 e. The van der Waals surface area contributed by atoms with Crippen LogP contribution in [0.1, 0.15) is 27.7 Å². The van der Waals surface area contributed by atoms with Crippen LogP contribution in [0.5, 0.6) is 0 Å². The van der Waals surface area contributed by atoms with Crippen molar-refractivity contribution in [2.45, 2.75) is 33.7 Å². The normalized spacial score (nSPS) is 33.9. The van der Waals surface area contributed by atoms with Gasteiger partial charge < -0.3 is 4.90 Å². The van der Waals surface area contributed by atoms with Crippen LogP contribution in [0.25, 0.3) is 0 Å². The predicted octanol–water partition coefficient (Wildman–Crippen LogP) is 2.25. The van der Waals surface area contributed by atoms with E-state index in [9.17, 15) is 0 Å². The van der Waals surface area contributed by atoms with Crippen LogP contribution in [0.3, 0.4) is 0 Å². The Labute approximate surface area is 63.7 Å². The van der Waals surface area contributed by atoms with Crippen LogP contribution in [0.15, 0.2) is 11.3 Å². The summed E-state index contributed by atoms with van der Waals surface area (Å²) >= 11 is 0. The lowest BCUT2D eigenvalue weighted by Gasteiger charge is -2.22. The molecule has 58 valence electrons. The molecule has 1 heterocycles. The van der Waals surface area contributed by atoms with Gasteiger partial charge in [-0.3, -0.25) is 0 Å². The first-order valence-corrected chi connectivity index (χ1v) is 3.96. The van der Waals surface area contributed by atoms with Crippen molar-refractivity contribution in [3.05, 3.63) is 11.3 Å². The second-order valence-corrected chi connectivity index (χ2v) is 3.41. The van der Waals surface area contributed by atoms with E-state index in [4.69, 9.17) is 0 Å². The molecule has 0 N–H and O–H groups in total. The van der Waals surface area contributed by atoms with Crippen molar-refractivity contribution < 1.29 is 0 Å². The number of allylic oxidation sites excluding steroid dienone is 1. The van der Waals surface area contributed by atoms with Crippen molar-refractivity contribution in [1.29, 1.82) is 0 Å². The second-order valence-electron chi connectivity index (χ2n) is 3.41. The molecule has 1 rings (SSSR count). The van der Waals surface area contributed by atoms with Crippen LogP contribution in [0, 0.1) is 5.92 Å². The highest BCUT2D eigenvalue weighted by atomic mass is 15.2. The molecule has 1 nitrogen and oxygen atoms in total. The van der Waals surface area contributed by atoms with Crippen molar-refractivity contribution in [1.82, 2.24) is 4.90 Å². The molecule has 0 amide bonds. The largest absolute Gasteiger partial charge is 0.375 e. The van der Waals surface area contributed by atoms with Gasteiger partial charge in [0, 0.05) is 18.8 Å². The third-order valence-electron chi connectivity index (χ3n) is 3.12. The molecule has 0 bridgehead atoms. The lowest BCUT2D eigenvalue weighted by molar-refractivity contribution is 0.313. The molecule has 0 aromatic carbocycles. The fraction of sp³-hybridized carbons (Fsp3) is 0.778. The van der Waals surface area contributed by atoms with Crippen molar-refractivity contribution in [2.24, 2.45) is 5.92 Å². The molecule has 0 aromatic heterocycles. The Bertz CT molecular complexity index is 152. The maximum atomic E-state index is 2.36. The van der Waals surface area contributed by atoms with Gasteiger partial charge in [-0.25, -0.2) is 0 Å². The Kier molecular flexibility index (Phi) is 1.76. The van der Waals surface area contributed by atoms with Crippen molar-refractivity contribution in [3.8, 4) is 0 Å². The first-order valence-electron chi connectivity index (χ1n) is 3.96. The summed E-state index contributed by atoms with van der Waals surface area (Å²) in [5, 5.41) is 0.